The number of nitrogens with one attached hydrogen (secondary N) is 1. The number of aromatic amines is 1. The first kappa shape index (κ1) is 16.3. The summed E-state index contributed by atoms with van der Waals surface area (Å²) in [5, 5.41) is 11.6. The molecule has 1 N–H and O–H groups in total. The first-order valence-corrected chi connectivity index (χ1v) is 9.05. The van der Waals surface area contributed by atoms with Gasteiger partial charge in [-0.25, -0.2) is 4.98 Å². The normalized spacial score (nSPS) is 14.8. The molecule has 2 heterocycles. The van der Waals surface area contributed by atoms with E-state index < -0.39 is 0 Å². The number of benzene rings is 2. The van der Waals surface area contributed by atoms with Gasteiger partial charge >= 0.3 is 0 Å². The summed E-state index contributed by atoms with van der Waals surface area (Å²) in [6.45, 7) is 1.76. The van der Waals surface area contributed by atoms with Crippen LogP contribution in [0.4, 0.5) is 5.95 Å². The van der Waals surface area contributed by atoms with Crippen molar-refractivity contribution in [3.8, 4) is 17.3 Å². The van der Waals surface area contributed by atoms with Gasteiger partial charge in [0.25, 0.3) is 5.56 Å². The molecule has 0 atom stereocenters. The number of hydrogen-bond donors (Lipinski definition) is 1. The van der Waals surface area contributed by atoms with Crippen LogP contribution in [0.1, 0.15) is 31.2 Å². The summed E-state index contributed by atoms with van der Waals surface area (Å²) in [5.74, 6) is 0.568. The predicted molar refractivity (Wildman–Crippen MR) is 103 cm³/mol. The SMILES string of the molecule is N#Cc1c(-c2cccc3ccccc23)nc(N2CCCCCC2)[nH]c1=O. The number of fused-ring (bicyclic) bond motifs is 1. The van der Waals surface area contributed by atoms with Gasteiger partial charge in [-0.1, -0.05) is 55.3 Å². The van der Waals surface area contributed by atoms with E-state index in [0.29, 0.717) is 11.6 Å². The van der Waals surface area contributed by atoms with Crippen LogP contribution in [0.25, 0.3) is 22.0 Å². The van der Waals surface area contributed by atoms with E-state index >= 15 is 0 Å². The third-order valence-electron chi connectivity index (χ3n) is 4.97. The topological polar surface area (TPSA) is 72.8 Å². The lowest BCUT2D eigenvalue weighted by atomic mass is 10.00. The molecule has 1 fully saturated rings. The summed E-state index contributed by atoms with van der Waals surface area (Å²) in [6, 6.07) is 15.9. The molecule has 4 rings (SSSR count). The Morgan fingerprint density at radius 1 is 1.00 bits per heavy atom. The first-order chi connectivity index (χ1) is 12.8. The summed E-state index contributed by atoms with van der Waals surface area (Å²) in [7, 11) is 0. The summed E-state index contributed by atoms with van der Waals surface area (Å²) < 4.78 is 0. The molecule has 0 aliphatic carbocycles. The molecule has 2 aromatic carbocycles. The smallest absolute Gasteiger partial charge is 0.270 e. The van der Waals surface area contributed by atoms with Gasteiger partial charge in [0.15, 0.2) is 0 Å². The number of nitrogens with zero attached hydrogens (tertiary/aromatic N) is 3. The molecule has 3 aromatic rings. The molecule has 1 saturated heterocycles. The van der Waals surface area contributed by atoms with Crippen LogP contribution in [0.15, 0.2) is 47.3 Å². The number of rotatable bonds is 2. The standard InChI is InChI=1S/C21H20N4O/c22-14-18-19(17-11-7-9-15-8-3-4-10-16(15)17)23-21(24-20(18)26)25-12-5-1-2-6-13-25/h3-4,7-11H,1-2,5-6,12-13H2,(H,23,24,26). The van der Waals surface area contributed by atoms with Crippen LogP contribution in [0, 0.1) is 11.3 Å². The molecule has 5 heteroatoms. The van der Waals surface area contributed by atoms with Crippen molar-refractivity contribution >= 4 is 16.7 Å². The quantitative estimate of drug-likeness (QED) is 0.766. The van der Waals surface area contributed by atoms with Gasteiger partial charge < -0.3 is 4.90 Å². The average molecular weight is 344 g/mol. The van der Waals surface area contributed by atoms with Crippen molar-refractivity contribution in [3.05, 3.63) is 58.4 Å². The second-order valence-corrected chi connectivity index (χ2v) is 6.65. The van der Waals surface area contributed by atoms with Crippen LogP contribution in [0.3, 0.4) is 0 Å². The van der Waals surface area contributed by atoms with Gasteiger partial charge in [-0.05, 0) is 23.6 Å². The van der Waals surface area contributed by atoms with Gasteiger partial charge in [-0.2, -0.15) is 5.26 Å². The van der Waals surface area contributed by atoms with Crippen molar-refractivity contribution in [1.29, 1.82) is 5.26 Å². The van der Waals surface area contributed by atoms with Crippen LogP contribution < -0.4 is 10.5 Å². The van der Waals surface area contributed by atoms with Crippen LogP contribution in [0.5, 0.6) is 0 Å². The maximum atomic E-state index is 12.6. The number of H-pyrrole nitrogens is 1. The molecule has 0 unspecified atom stereocenters. The highest BCUT2D eigenvalue weighted by atomic mass is 16.1. The Balaban J connectivity index is 1.92. The number of hydrogen-bond acceptors (Lipinski definition) is 4. The molecule has 0 spiro atoms. The first-order valence-electron chi connectivity index (χ1n) is 9.05. The third kappa shape index (κ3) is 2.95. The number of nitriles is 1. The van der Waals surface area contributed by atoms with Crippen molar-refractivity contribution in [2.75, 3.05) is 18.0 Å². The van der Waals surface area contributed by atoms with E-state index in [1.54, 1.807) is 0 Å². The fourth-order valence-corrected chi connectivity index (χ4v) is 3.62. The Hall–Kier alpha value is -3.13. The molecule has 5 nitrogen and oxygen atoms in total. The minimum absolute atomic E-state index is 0.0694. The molecule has 130 valence electrons. The Morgan fingerprint density at radius 2 is 1.73 bits per heavy atom. The predicted octanol–water partition coefficient (Wildman–Crippen LogP) is 3.84. The molecular formula is C21H20N4O. The summed E-state index contributed by atoms with van der Waals surface area (Å²) >= 11 is 0. The van der Waals surface area contributed by atoms with E-state index in [0.717, 1.165) is 42.3 Å². The van der Waals surface area contributed by atoms with E-state index in [-0.39, 0.29) is 11.1 Å². The lowest BCUT2D eigenvalue weighted by Gasteiger charge is -2.21. The molecule has 1 aliphatic heterocycles. The zero-order chi connectivity index (χ0) is 17.9. The van der Waals surface area contributed by atoms with Crippen molar-refractivity contribution in [1.82, 2.24) is 9.97 Å². The van der Waals surface area contributed by atoms with Crippen molar-refractivity contribution in [2.45, 2.75) is 25.7 Å². The fraction of sp³-hybridized carbons (Fsp3) is 0.286. The van der Waals surface area contributed by atoms with E-state index in [1.807, 2.05) is 48.5 Å². The second kappa shape index (κ2) is 7.01. The summed E-state index contributed by atoms with van der Waals surface area (Å²) in [5.41, 5.74) is 0.985. The van der Waals surface area contributed by atoms with Gasteiger partial charge in [-0.3, -0.25) is 9.78 Å². The lowest BCUT2D eigenvalue weighted by molar-refractivity contribution is 0.726. The Labute approximate surface area is 151 Å². The molecular weight excluding hydrogens is 324 g/mol. The molecule has 1 aromatic heterocycles. The highest BCUT2D eigenvalue weighted by Gasteiger charge is 2.19. The second-order valence-electron chi connectivity index (χ2n) is 6.65. The van der Waals surface area contributed by atoms with Gasteiger partial charge in [0, 0.05) is 18.7 Å². The van der Waals surface area contributed by atoms with Gasteiger partial charge in [0.05, 0.1) is 5.69 Å². The summed E-state index contributed by atoms with van der Waals surface area (Å²) in [4.78, 5) is 22.3. The van der Waals surface area contributed by atoms with Crippen LogP contribution in [-0.2, 0) is 0 Å². The van der Waals surface area contributed by atoms with E-state index in [1.165, 1.54) is 12.8 Å². The molecule has 0 saturated carbocycles. The van der Waals surface area contributed by atoms with Gasteiger partial charge in [0.2, 0.25) is 5.95 Å². The maximum absolute atomic E-state index is 12.6. The molecule has 0 bridgehead atoms. The Bertz CT molecular complexity index is 1030. The Morgan fingerprint density at radius 3 is 2.50 bits per heavy atom. The fourth-order valence-electron chi connectivity index (χ4n) is 3.62. The van der Waals surface area contributed by atoms with Crippen LogP contribution in [0.2, 0.25) is 0 Å². The largest absolute Gasteiger partial charge is 0.342 e. The molecule has 0 amide bonds. The maximum Gasteiger partial charge on any atom is 0.270 e. The number of anilines is 1. The van der Waals surface area contributed by atoms with Crippen molar-refractivity contribution < 1.29 is 0 Å². The number of aromatic nitrogens is 2. The van der Waals surface area contributed by atoms with Crippen molar-refractivity contribution in [2.24, 2.45) is 0 Å². The average Bonchev–Trinajstić information content (AvgIpc) is 2.96. The molecule has 0 radical (unpaired) electrons. The summed E-state index contributed by atoms with van der Waals surface area (Å²) in [6.07, 6.45) is 4.58. The minimum atomic E-state index is -0.371. The monoisotopic (exact) mass is 344 g/mol. The zero-order valence-corrected chi connectivity index (χ0v) is 14.5. The minimum Gasteiger partial charge on any atom is -0.342 e. The van der Waals surface area contributed by atoms with Gasteiger partial charge in [0.1, 0.15) is 11.6 Å². The lowest BCUT2D eigenvalue weighted by Crippen LogP contribution is -2.29. The van der Waals surface area contributed by atoms with Crippen molar-refractivity contribution in [3.63, 3.8) is 0 Å². The van der Waals surface area contributed by atoms with E-state index in [4.69, 9.17) is 4.98 Å². The molecule has 26 heavy (non-hydrogen) atoms. The van der Waals surface area contributed by atoms with Crippen LogP contribution in [-0.4, -0.2) is 23.1 Å². The highest BCUT2D eigenvalue weighted by molar-refractivity contribution is 5.96. The third-order valence-corrected chi connectivity index (χ3v) is 4.97. The van der Waals surface area contributed by atoms with E-state index in [9.17, 15) is 10.1 Å². The van der Waals surface area contributed by atoms with Crippen LogP contribution >= 0.6 is 0 Å². The highest BCUT2D eigenvalue weighted by Crippen LogP contribution is 2.29. The zero-order valence-electron chi connectivity index (χ0n) is 14.5. The van der Waals surface area contributed by atoms with Gasteiger partial charge in [-0.15, -0.1) is 0 Å². The molecule has 1 aliphatic rings. The Kier molecular flexibility index (Phi) is 4.40. The van der Waals surface area contributed by atoms with E-state index in [2.05, 4.69) is 9.88 Å².